The van der Waals surface area contributed by atoms with E-state index in [1.54, 1.807) is 24.3 Å². The van der Waals surface area contributed by atoms with Gasteiger partial charge in [0.1, 0.15) is 5.83 Å². The second-order valence-corrected chi connectivity index (χ2v) is 10.9. The van der Waals surface area contributed by atoms with Gasteiger partial charge in [-0.05, 0) is 104 Å². The Morgan fingerprint density at radius 3 is 2.10 bits per heavy atom. The van der Waals surface area contributed by atoms with Gasteiger partial charge in [0.25, 0.3) is 0 Å². The molecule has 222 valence electrons. The minimum absolute atomic E-state index is 0.139. The molecule has 0 radical (unpaired) electrons. The van der Waals surface area contributed by atoms with Crippen molar-refractivity contribution in [2.75, 3.05) is 19.7 Å². The zero-order chi connectivity index (χ0) is 29.9. The number of nitrogens with zero attached hydrogens (tertiary/aromatic N) is 1. The van der Waals surface area contributed by atoms with E-state index in [1.165, 1.54) is 12.2 Å². The van der Waals surface area contributed by atoms with Gasteiger partial charge in [-0.3, -0.25) is 4.79 Å². The van der Waals surface area contributed by atoms with Gasteiger partial charge in [-0.2, -0.15) is 0 Å². The molecule has 1 atom stereocenters. The van der Waals surface area contributed by atoms with E-state index in [-0.39, 0.29) is 34.9 Å². The number of amides is 1. The molecule has 0 spiro atoms. The minimum Gasteiger partial charge on any atom is -0.478 e. The molecule has 0 saturated carbocycles. The molecule has 8 heteroatoms. The van der Waals surface area contributed by atoms with E-state index in [1.807, 2.05) is 35.2 Å². The Bertz CT molecular complexity index is 1270. The Balaban J connectivity index is 1.40. The van der Waals surface area contributed by atoms with Gasteiger partial charge >= 0.3 is 11.9 Å². The third-order valence-electron chi connectivity index (χ3n) is 7.84. The van der Waals surface area contributed by atoms with Gasteiger partial charge in [-0.15, -0.1) is 0 Å². The Labute approximate surface area is 246 Å². The molecular formula is C34H38FNO6. The van der Waals surface area contributed by atoms with Crippen molar-refractivity contribution in [2.45, 2.75) is 57.5 Å². The number of aryl methyl sites for hydroxylation is 2. The van der Waals surface area contributed by atoms with Gasteiger partial charge in [-0.25, -0.2) is 14.0 Å². The topological polar surface area (TPSA) is 104 Å². The number of carboxylic acids is 2. The van der Waals surface area contributed by atoms with Gasteiger partial charge in [0, 0.05) is 26.1 Å². The van der Waals surface area contributed by atoms with E-state index in [0.29, 0.717) is 26.0 Å². The standard InChI is InChI=1S/C34H38FNO6/c35-30-18-19-31(42-22-2-21-36-20-1-3-32(36)37)29(23-30)17-12-24(4-6-25-8-13-27(14-9-25)33(38)39)5-7-26-10-15-28(16-11-26)34(40)41/h8-18,23-24,31H,1-7,19-22H2,(H,38,39)(H,40,41)/b17-12+. The number of carbonyl (C=O) groups excluding carboxylic acids is 1. The molecule has 2 N–H and O–H groups in total. The molecule has 2 aromatic carbocycles. The van der Waals surface area contributed by atoms with Crippen LogP contribution in [0.25, 0.3) is 0 Å². The number of halogens is 1. The van der Waals surface area contributed by atoms with Crippen LogP contribution in [0.3, 0.4) is 0 Å². The second-order valence-electron chi connectivity index (χ2n) is 10.9. The maximum atomic E-state index is 14.3. The van der Waals surface area contributed by atoms with E-state index in [2.05, 4.69) is 6.08 Å². The Morgan fingerprint density at radius 1 is 0.976 bits per heavy atom. The number of benzene rings is 2. The maximum absolute atomic E-state index is 14.3. The summed E-state index contributed by atoms with van der Waals surface area (Å²) in [5.74, 6) is -1.87. The average Bonchev–Trinajstić information content (AvgIpc) is 3.40. The van der Waals surface area contributed by atoms with E-state index < -0.39 is 11.9 Å². The van der Waals surface area contributed by atoms with Crippen LogP contribution in [-0.4, -0.2) is 58.8 Å². The minimum atomic E-state index is -0.959. The van der Waals surface area contributed by atoms with E-state index in [9.17, 15) is 29.0 Å². The van der Waals surface area contributed by atoms with Gasteiger partial charge in [0.15, 0.2) is 0 Å². The normalized spacial score (nSPS) is 17.1. The molecule has 2 aliphatic rings. The van der Waals surface area contributed by atoms with Crippen molar-refractivity contribution in [3.63, 3.8) is 0 Å². The molecule has 4 rings (SSSR count). The number of ether oxygens (including phenoxy) is 1. The number of carbonyl (C=O) groups is 3. The van der Waals surface area contributed by atoms with Crippen molar-refractivity contribution < 1.29 is 33.7 Å². The smallest absolute Gasteiger partial charge is 0.335 e. The molecule has 2 aromatic rings. The van der Waals surface area contributed by atoms with Crippen LogP contribution in [0, 0.1) is 5.92 Å². The first-order valence-corrected chi connectivity index (χ1v) is 14.6. The van der Waals surface area contributed by atoms with Crippen molar-refractivity contribution in [1.29, 1.82) is 0 Å². The number of aromatic carboxylic acids is 2. The van der Waals surface area contributed by atoms with Crippen molar-refractivity contribution in [3.8, 4) is 0 Å². The number of carboxylic acid groups (broad SMARTS) is 2. The van der Waals surface area contributed by atoms with Crippen molar-refractivity contribution in [3.05, 3.63) is 106 Å². The van der Waals surface area contributed by atoms with E-state index in [4.69, 9.17) is 4.74 Å². The highest BCUT2D eigenvalue weighted by atomic mass is 19.1. The zero-order valence-corrected chi connectivity index (χ0v) is 23.7. The molecule has 0 bridgehead atoms. The molecule has 1 amide bonds. The molecular weight excluding hydrogens is 537 g/mol. The molecule has 1 fully saturated rings. The van der Waals surface area contributed by atoms with E-state index >= 15 is 0 Å². The Kier molecular flexibility index (Phi) is 11.2. The number of hydrogen-bond acceptors (Lipinski definition) is 4. The first-order chi connectivity index (χ1) is 20.3. The molecule has 1 heterocycles. The third-order valence-corrected chi connectivity index (χ3v) is 7.84. The van der Waals surface area contributed by atoms with Crippen LogP contribution in [0.1, 0.15) is 70.4 Å². The van der Waals surface area contributed by atoms with Crippen LogP contribution in [0.4, 0.5) is 4.39 Å². The van der Waals surface area contributed by atoms with Crippen LogP contribution >= 0.6 is 0 Å². The molecule has 0 aromatic heterocycles. The first-order valence-electron chi connectivity index (χ1n) is 14.6. The van der Waals surface area contributed by atoms with Crippen LogP contribution in [0.2, 0.25) is 0 Å². The summed E-state index contributed by atoms with van der Waals surface area (Å²) in [5, 5.41) is 18.4. The van der Waals surface area contributed by atoms with Crippen LogP contribution < -0.4 is 0 Å². The van der Waals surface area contributed by atoms with Crippen molar-refractivity contribution in [1.82, 2.24) is 4.90 Å². The fourth-order valence-electron chi connectivity index (χ4n) is 5.32. The van der Waals surface area contributed by atoms with Crippen LogP contribution in [0.5, 0.6) is 0 Å². The van der Waals surface area contributed by atoms with Crippen molar-refractivity contribution >= 4 is 17.8 Å². The number of allylic oxidation sites excluding steroid dienone is 3. The number of likely N-dealkylation sites (tertiary alicyclic amines) is 1. The van der Waals surface area contributed by atoms with Gasteiger partial charge in [-0.1, -0.05) is 36.4 Å². The molecule has 7 nitrogen and oxygen atoms in total. The fraction of sp³-hybridized carbons (Fsp3) is 0.382. The predicted octanol–water partition coefficient (Wildman–Crippen LogP) is 6.40. The fourth-order valence-corrected chi connectivity index (χ4v) is 5.32. The quantitative estimate of drug-likeness (QED) is 0.238. The predicted molar refractivity (Wildman–Crippen MR) is 158 cm³/mol. The summed E-state index contributed by atoms with van der Waals surface area (Å²) in [5.41, 5.74) is 3.34. The summed E-state index contributed by atoms with van der Waals surface area (Å²) in [6, 6.07) is 13.8. The Morgan fingerprint density at radius 2 is 1.57 bits per heavy atom. The SMILES string of the molecule is O=C(O)c1ccc(CCC(/C=C/C2=CC(F)=CCC2OCCCN2CCCC2=O)CCc2ccc(C(=O)O)cc2)cc1. The lowest BCUT2D eigenvalue weighted by atomic mass is 9.90. The maximum Gasteiger partial charge on any atom is 0.335 e. The average molecular weight is 576 g/mol. The largest absolute Gasteiger partial charge is 0.478 e. The monoisotopic (exact) mass is 575 g/mol. The lowest BCUT2D eigenvalue weighted by Crippen LogP contribution is -2.27. The highest BCUT2D eigenvalue weighted by Gasteiger charge is 2.21. The van der Waals surface area contributed by atoms with Crippen molar-refractivity contribution in [2.24, 2.45) is 5.92 Å². The summed E-state index contributed by atoms with van der Waals surface area (Å²) in [7, 11) is 0. The number of hydrogen-bond donors (Lipinski definition) is 2. The Hall–Kier alpha value is -4.04. The molecule has 1 aliphatic carbocycles. The second kappa shape index (κ2) is 15.3. The summed E-state index contributed by atoms with van der Waals surface area (Å²) < 4.78 is 20.4. The summed E-state index contributed by atoms with van der Waals surface area (Å²) >= 11 is 0. The lowest BCUT2D eigenvalue weighted by molar-refractivity contribution is -0.127. The summed E-state index contributed by atoms with van der Waals surface area (Å²) in [6.45, 7) is 1.96. The van der Waals surface area contributed by atoms with E-state index in [0.717, 1.165) is 61.8 Å². The lowest BCUT2D eigenvalue weighted by Gasteiger charge is -2.22. The first kappa shape index (κ1) is 30.9. The van der Waals surface area contributed by atoms with Gasteiger partial charge < -0.3 is 19.8 Å². The third kappa shape index (κ3) is 9.24. The highest BCUT2D eigenvalue weighted by Crippen LogP contribution is 2.26. The number of rotatable bonds is 15. The van der Waals surface area contributed by atoms with Crippen LogP contribution in [-0.2, 0) is 22.4 Å². The van der Waals surface area contributed by atoms with Gasteiger partial charge in [0.2, 0.25) is 5.91 Å². The summed E-state index contributed by atoms with van der Waals surface area (Å²) in [6.07, 6.45) is 12.6. The zero-order valence-electron chi connectivity index (χ0n) is 23.7. The summed E-state index contributed by atoms with van der Waals surface area (Å²) in [4.78, 5) is 36.1. The van der Waals surface area contributed by atoms with Crippen LogP contribution in [0.15, 0.2) is 84.2 Å². The molecule has 42 heavy (non-hydrogen) atoms. The highest BCUT2D eigenvalue weighted by molar-refractivity contribution is 5.88. The van der Waals surface area contributed by atoms with Gasteiger partial charge in [0.05, 0.1) is 17.2 Å². The molecule has 1 saturated heterocycles. The molecule has 1 unspecified atom stereocenters. The molecule has 1 aliphatic heterocycles.